The molecule has 0 atom stereocenters. The number of hydrogen-bond acceptors (Lipinski definition) is 4. The summed E-state index contributed by atoms with van der Waals surface area (Å²) < 4.78 is 1.88. The Balaban J connectivity index is 1.78. The molecular weight excluding hydrogens is 224 g/mol. The number of thioether (sulfide) groups is 1. The molecule has 2 heterocycles. The van der Waals surface area contributed by atoms with Crippen LogP contribution in [-0.2, 0) is 11.8 Å². The van der Waals surface area contributed by atoms with Crippen molar-refractivity contribution in [2.75, 3.05) is 18.8 Å². The third-order valence-corrected chi connectivity index (χ3v) is 3.56. The van der Waals surface area contributed by atoms with Crippen LogP contribution in [0.4, 0.5) is 0 Å². The average Bonchev–Trinajstić information content (AvgIpc) is 2.59. The SMILES string of the molecule is Cn1ccnc1SCC(=O)N1CC(C#N)C1. The first-order chi connectivity index (χ1) is 7.70. The molecule has 84 valence electrons. The summed E-state index contributed by atoms with van der Waals surface area (Å²) in [6.45, 7) is 1.16. The summed E-state index contributed by atoms with van der Waals surface area (Å²) in [4.78, 5) is 17.5. The summed E-state index contributed by atoms with van der Waals surface area (Å²) in [7, 11) is 1.90. The molecule has 0 bridgehead atoms. The van der Waals surface area contributed by atoms with Crippen molar-refractivity contribution in [2.45, 2.75) is 5.16 Å². The third kappa shape index (κ3) is 2.19. The van der Waals surface area contributed by atoms with Gasteiger partial charge in [-0.25, -0.2) is 4.98 Å². The highest BCUT2D eigenvalue weighted by Gasteiger charge is 2.30. The van der Waals surface area contributed by atoms with Gasteiger partial charge in [0.25, 0.3) is 0 Å². The van der Waals surface area contributed by atoms with Crippen molar-refractivity contribution in [3.05, 3.63) is 12.4 Å². The summed E-state index contributed by atoms with van der Waals surface area (Å²) in [6, 6.07) is 2.15. The first-order valence-corrected chi connectivity index (χ1v) is 5.97. The van der Waals surface area contributed by atoms with Crippen LogP contribution in [0.2, 0.25) is 0 Å². The van der Waals surface area contributed by atoms with Gasteiger partial charge in [-0.2, -0.15) is 5.26 Å². The number of carbonyl (C=O) groups excluding carboxylic acids is 1. The van der Waals surface area contributed by atoms with Gasteiger partial charge in [0.2, 0.25) is 5.91 Å². The molecule has 16 heavy (non-hydrogen) atoms. The largest absolute Gasteiger partial charge is 0.339 e. The van der Waals surface area contributed by atoms with Gasteiger partial charge in [0.05, 0.1) is 17.7 Å². The highest BCUT2D eigenvalue weighted by atomic mass is 32.2. The topological polar surface area (TPSA) is 61.9 Å². The molecule has 0 radical (unpaired) electrons. The van der Waals surface area contributed by atoms with Crippen LogP contribution in [0.1, 0.15) is 0 Å². The van der Waals surface area contributed by atoms with E-state index in [0.717, 1.165) is 5.16 Å². The number of amides is 1. The van der Waals surface area contributed by atoms with E-state index in [1.807, 2.05) is 17.8 Å². The lowest BCUT2D eigenvalue weighted by atomic mass is 10.0. The third-order valence-electron chi connectivity index (χ3n) is 2.52. The van der Waals surface area contributed by atoms with Crippen molar-refractivity contribution in [1.29, 1.82) is 5.26 Å². The Labute approximate surface area is 98.1 Å². The first kappa shape index (κ1) is 11.0. The van der Waals surface area contributed by atoms with E-state index >= 15 is 0 Å². The molecule has 1 amide bonds. The van der Waals surface area contributed by atoms with E-state index in [-0.39, 0.29) is 11.8 Å². The second-order valence-corrected chi connectivity index (χ2v) is 4.68. The van der Waals surface area contributed by atoms with E-state index < -0.39 is 0 Å². The smallest absolute Gasteiger partial charge is 0.233 e. The lowest BCUT2D eigenvalue weighted by Gasteiger charge is -2.35. The predicted molar refractivity (Wildman–Crippen MR) is 59.6 cm³/mol. The maximum Gasteiger partial charge on any atom is 0.233 e. The van der Waals surface area contributed by atoms with Crippen LogP contribution in [0.5, 0.6) is 0 Å². The maximum atomic E-state index is 11.7. The quantitative estimate of drug-likeness (QED) is 0.717. The van der Waals surface area contributed by atoms with Crippen LogP contribution in [0.15, 0.2) is 17.6 Å². The molecule has 2 rings (SSSR count). The molecule has 1 aliphatic rings. The fourth-order valence-electron chi connectivity index (χ4n) is 1.47. The fraction of sp³-hybridized carbons (Fsp3) is 0.500. The number of likely N-dealkylation sites (tertiary alicyclic amines) is 1. The number of nitrogens with zero attached hydrogens (tertiary/aromatic N) is 4. The van der Waals surface area contributed by atoms with Crippen LogP contribution in [0, 0.1) is 17.2 Å². The molecule has 0 spiro atoms. The number of imidazole rings is 1. The Hall–Kier alpha value is -1.48. The van der Waals surface area contributed by atoms with Crippen LogP contribution in [0.25, 0.3) is 0 Å². The lowest BCUT2D eigenvalue weighted by molar-refractivity contribution is -0.133. The monoisotopic (exact) mass is 236 g/mol. The fourth-order valence-corrected chi connectivity index (χ4v) is 2.31. The summed E-state index contributed by atoms with van der Waals surface area (Å²) in [5, 5.41) is 9.43. The Morgan fingerprint density at radius 2 is 2.50 bits per heavy atom. The van der Waals surface area contributed by atoms with E-state index in [0.29, 0.717) is 18.8 Å². The number of aryl methyl sites for hydroxylation is 1. The van der Waals surface area contributed by atoms with Crippen LogP contribution in [-0.4, -0.2) is 39.2 Å². The Morgan fingerprint density at radius 3 is 3.06 bits per heavy atom. The van der Waals surface area contributed by atoms with Gasteiger partial charge in [-0.3, -0.25) is 4.79 Å². The van der Waals surface area contributed by atoms with E-state index in [9.17, 15) is 4.79 Å². The molecule has 5 nitrogen and oxygen atoms in total. The Bertz CT molecular complexity index is 430. The lowest BCUT2D eigenvalue weighted by Crippen LogP contribution is -2.50. The minimum absolute atomic E-state index is 0.0297. The number of nitriles is 1. The van der Waals surface area contributed by atoms with E-state index in [1.54, 1.807) is 11.1 Å². The molecule has 1 saturated heterocycles. The molecule has 1 aromatic rings. The summed E-state index contributed by atoms with van der Waals surface area (Å²) in [6.07, 6.45) is 3.56. The van der Waals surface area contributed by atoms with Crippen molar-refractivity contribution >= 4 is 17.7 Å². The molecule has 1 aromatic heterocycles. The van der Waals surface area contributed by atoms with Crippen LogP contribution < -0.4 is 0 Å². The van der Waals surface area contributed by atoms with E-state index in [2.05, 4.69) is 11.1 Å². The van der Waals surface area contributed by atoms with Gasteiger partial charge in [-0.1, -0.05) is 11.8 Å². The Kier molecular flexibility index (Phi) is 3.15. The highest BCUT2D eigenvalue weighted by Crippen LogP contribution is 2.19. The number of carbonyl (C=O) groups is 1. The van der Waals surface area contributed by atoms with Crippen molar-refractivity contribution in [3.63, 3.8) is 0 Å². The normalized spacial score (nSPS) is 15.6. The molecule has 0 saturated carbocycles. The number of hydrogen-bond donors (Lipinski definition) is 0. The minimum atomic E-state index is 0.0297. The second kappa shape index (κ2) is 4.58. The zero-order valence-corrected chi connectivity index (χ0v) is 9.78. The average molecular weight is 236 g/mol. The standard InChI is InChI=1S/C10H12N4OS/c1-13-3-2-12-10(13)16-7-9(15)14-5-8(4-11)6-14/h2-3,8H,5-7H2,1H3. The highest BCUT2D eigenvalue weighted by molar-refractivity contribution is 7.99. The second-order valence-electron chi connectivity index (χ2n) is 3.73. The van der Waals surface area contributed by atoms with Gasteiger partial charge < -0.3 is 9.47 Å². The summed E-state index contributed by atoms with van der Waals surface area (Å²) in [5.41, 5.74) is 0. The molecule has 6 heteroatoms. The summed E-state index contributed by atoms with van der Waals surface area (Å²) >= 11 is 1.43. The number of rotatable bonds is 3. The molecule has 0 unspecified atom stereocenters. The molecule has 1 fully saturated rings. The zero-order chi connectivity index (χ0) is 11.5. The number of aromatic nitrogens is 2. The minimum Gasteiger partial charge on any atom is -0.339 e. The van der Waals surface area contributed by atoms with E-state index in [4.69, 9.17) is 5.26 Å². The van der Waals surface area contributed by atoms with Gasteiger partial charge in [-0.15, -0.1) is 0 Å². The van der Waals surface area contributed by atoms with Crippen molar-refractivity contribution < 1.29 is 4.79 Å². The van der Waals surface area contributed by atoms with Crippen molar-refractivity contribution in [3.8, 4) is 6.07 Å². The van der Waals surface area contributed by atoms with Crippen LogP contribution >= 0.6 is 11.8 Å². The maximum absolute atomic E-state index is 11.7. The van der Waals surface area contributed by atoms with Gasteiger partial charge in [0.1, 0.15) is 0 Å². The molecule has 0 aromatic carbocycles. The summed E-state index contributed by atoms with van der Waals surface area (Å²) in [5.74, 6) is 0.504. The van der Waals surface area contributed by atoms with Crippen LogP contribution in [0.3, 0.4) is 0 Å². The molecule has 0 N–H and O–H groups in total. The van der Waals surface area contributed by atoms with Gasteiger partial charge in [-0.05, 0) is 0 Å². The van der Waals surface area contributed by atoms with Crippen molar-refractivity contribution in [2.24, 2.45) is 13.0 Å². The van der Waals surface area contributed by atoms with Crippen molar-refractivity contribution in [1.82, 2.24) is 14.5 Å². The molecule has 0 aliphatic carbocycles. The predicted octanol–water partition coefficient (Wildman–Crippen LogP) is 0.494. The molecular formula is C10H12N4OS. The van der Waals surface area contributed by atoms with Gasteiger partial charge in [0.15, 0.2) is 5.16 Å². The van der Waals surface area contributed by atoms with E-state index in [1.165, 1.54) is 11.8 Å². The van der Waals surface area contributed by atoms with Gasteiger partial charge in [0, 0.05) is 32.5 Å². The Morgan fingerprint density at radius 1 is 1.75 bits per heavy atom. The first-order valence-electron chi connectivity index (χ1n) is 4.98. The zero-order valence-electron chi connectivity index (χ0n) is 8.96. The molecule has 1 aliphatic heterocycles. The van der Waals surface area contributed by atoms with Gasteiger partial charge >= 0.3 is 0 Å².